The van der Waals surface area contributed by atoms with Crippen LogP contribution in [-0.2, 0) is 11.3 Å². The number of benzene rings is 2. The van der Waals surface area contributed by atoms with Crippen LogP contribution in [0.15, 0.2) is 42.5 Å². The quantitative estimate of drug-likeness (QED) is 0.502. The van der Waals surface area contributed by atoms with Gasteiger partial charge in [-0.2, -0.15) is 0 Å². The van der Waals surface area contributed by atoms with Gasteiger partial charge in [-0.25, -0.2) is 0 Å². The summed E-state index contributed by atoms with van der Waals surface area (Å²) in [6.07, 6.45) is 1.03. The molecule has 1 aliphatic heterocycles. The molecule has 2 aromatic carbocycles. The fraction of sp³-hybridized carbons (Fsp3) is 0.500. The predicted molar refractivity (Wildman–Crippen MR) is 139 cm³/mol. The Morgan fingerprint density at radius 1 is 1.06 bits per heavy atom. The molecule has 33 heavy (non-hydrogen) atoms. The lowest BCUT2D eigenvalue weighted by atomic mass is 10.0. The Balaban J connectivity index is 1.68. The van der Waals surface area contributed by atoms with Gasteiger partial charge in [0, 0.05) is 38.4 Å². The normalized spacial score (nSPS) is 14.2. The van der Waals surface area contributed by atoms with Gasteiger partial charge in [-0.05, 0) is 59.9 Å². The van der Waals surface area contributed by atoms with Gasteiger partial charge in [0.05, 0.1) is 27.4 Å². The summed E-state index contributed by atoms with van der Waals surface area (Å²) in [4.78, 5) is 4.69. The fourth-order valence-electron chi connectivity index (χ4n) is 3.92. The first-order valence-electron chi connectivity index (χ1n) is 11.7. The Labute approximate surface area is 203 Å². The number of hydrogen-bond acceptors (Lipinski definition) is 5. The van der Waals surface area contributed by atoms with Gasteiger partial charge in [-0.15, -0.1) is 0 Å². The van der Waals surface area contributed by atoms with Crippen molar-refractivity contribution in [2.45, 2.75) is 32.7 Å². The van der Waals surface area contributed by atoms with Gasteiger partial charge in [0.25, 0.3) is 0 Å². The third-order valence-corrected chi connectivity index (χ3v) is 6.30. The van der Waals surface area contributed by atoms with Crippen molar-refractivity contribution in [1.82, 2.24) is 9.80 Å². The highest BCUT2D eigenvalue weighted by Crippen LogP contribution is 2.28. The van der Waals surface area contributed by atoms with Gasteiger partial charge in [-0.1, -0.05) is 32.0 Å². The summed E-state index contributed by atoms with van der Waals surface area (Å²) >= 11 is 5.85. The third-order valence-electron chi connectivity index (χ3n) is 5.94. The number of hydrogen-bond donors (Lipinski definition) is 1. The molecule has 180 valence electrons. The first kappa shape index (κ1) is 25.3. The van der Waals surface area contributed by atoms with Gasteiger partial charge in [-0.3, -0.25) is 4.90 Å². The minimum absolute atomic E-state index is 0.507. The van der Waals surface area contributed by atoms with Crippen LogP contribution in [0.2, 0.25) is 0 Å². The van der Waals surface area contributed by atoms with Crippen molar-refractivity contribution >= 4 is 23.0 Å². The zero-order valence-electron chi connectivity index (χ0n) is 20.3. The second-order valence-electron chi connectivity index (χ2n) is 8.63. The van der Waals surface area contributed by atoms with Crippen LogP contribution in [0, 0.1) is 0 Å². The van der Waals surface area contributed by atoms with E-state index < -0.39 is 0 Å². The number of nitrogens with one attached hydrogen (secondary N) is 1. The Morgan fingerprint density at radius 3 is 2.39 bits per heavy atom. The molecule has 7 heteroatoms. The molecule has 0 saturated carbocycles. The second kappa shape index (κ2) is 12.8. The maximum absolute atomic E-state index is 5.85. The summed E-state index contributed by atoms with van der Waals surface area (Å²) in [6.45, 7) is 10.6. The standard InChI is InChI=1S/C26H37N3O3S/c1-20(2)22-7-9-23(10-8-22)27-26(33)29(13-5-12-28-14-16-32-17-15-28)19-21-6-11-24(30-3)25(18-21)31-4/h6-11,18,20H,5,12-17,19H2,1-4H3,(H,27,33). The number of nitrogens with zero attached hydrogens (tertiary/aromatic N) is 2. The molecule has 0 amide bonds. The van der Waals surface area contributed by atoms with Crippen molar-refractivity contribution in [3.8, 4) is 11.5 Å². The monoisotopic (exact) mass is 471 g/mol. The number of thiocarbonyl (C=S) groups is 1. The van der Waals surface area contributed by atoms with E-state index in [1.807, 2.05) is 12.1 Å². The molecule has 6 nitrogen and oxygen atoms in total. The van der Waals surface area contributed by atoms with Crippen LogP contribution in [0.4, 0.5) is 5.69 Å². The van der Waals surface area contributed by atoms with Gasteiger partial charge in [0.15, 0.2) is 16.6 Å². The lowest BCUT2D eigenvalue weighted by molar-refractivity contribution is 0.0368. The van der Waals surface area contributed by atoms with Crippen LogP contribution in [0.3, 0.4) is 0 Å². The smallest absolute Gasteiger partial charge is 0.173 e. The van der Waals surface area contributed by atoms with Crippen LogP contribution in [0.1, 0.15) is 37.3 Å². The van der Waals surface area contributed by atoms with Crippen molar-refractivity contribution in [2.75, 3.05) is 58.9 Å². The van der Waals surface area contributed by atoms with Crippen LogP contribution in [0.25, 0.3) is 0 Å². The molecule has 0 atom stereocenters. The molecule has 1 aliphatic rings. The third kappa shape index (κ3) is 7.59. The molecule has 1 N–H and O–H groups in total. The molecular weight excluding hydrogens is 434 g/mol. The molecule has 0 aromatic heterocycles. The van der Waals surface area contributed by atoms with Crippen molar-refractivity contribution < 1.29 is 14.2 Å². The van der Waals surface area contributed by atoms with Crippen molar-refractivity contribution in [1.29, 1.82) is 0 Å². The van der Waals surface area contributed by atoms with E-state index >= 15 is 0 Å². The summed E-state index contributed by atoms with van der Waals surface area (Å²) < 4.78 is 16.4. The van der Waals surface area contributed by atoms with E-state index in [9.17, 15) is 0 Å². The average molecular weight is 472 g/mol. The van der Waals surface area contributed by atoms with Crippen molar-refractivity contribution in [2.24, 2.45) is 0 Å². The Bertz CT molecular complexity index is 883. The second-order valence-corrected chi connectivity index (χ2v) is 9.01. The van der Waals surface area contributed by atoms with E-state index in [1.54, 1.807) is 14.2 Å². The summed E-state index contributed by atoms with van der Waals surface area (Å²) in [7, 11) is 3.31. The van der Waals surface area contributed by atoms with Crippen LogP contribution in [0.5, 0.6) is 11.5 Å². The Hall–Kier alpha value is -2.35. The zero-order chi connectivity index (χ0) is 23.6. The highest BCUT2D eigenvalue weighted by molar-refractivity contribution is 7.80. The van der Waals surface area contributed by atoms with E-state index in [4.69, 9.17) is 26.4 Å². The topological polar surface area (TPSA) is 46.2 Å². The minimum atomic E-state index is 0.507. The summed E-state index contributed by atoms with van der Waals surface area (Å²) in [5, 5.41) is 4.16. The molecule has 0 radical (unpaired) electrons. The number of rotatable bonds is 10. The lowest BCUT2D eigenvalue weighted by Gasteiger charge is -2.30. The van der Waals surface area contributed by atoms with Crippen LogP contribution in [-0.4, -0.2) is 68.5 Å². The van der Waals surface area contributed by atoms with Crippen LogP contribution >= 0.6 is 12.2 Å². The lowest BCUT2D eigenvalue weighted by Crippen LogP contribution is -2.40. The molecule has 1 heterocycles. The predicted octanol–water partition coefficient (Wildman–Crippen LogP) is 4.75. The maximum Gasteiger partial charge on any atom is 0.173 e. The minimum Gasteiger partial charge on any atom is -0.493 e. The highest BCUT2D eigenvalue weighted by atomic mass is 32.1. The maximum atomic E-state index is 5.85. The van der Waals surface area contributed by atoms with E-state index in [0.717, 1.165) is 73.7 Å². The van der Waals surface area contributed by atoms with Gasteiger partial charge in [0.2, 0.25) is 0 Å². The van der Waals surface area contributed by atoms with Crippen molar-refractivity contribution in [3.05, 3.63) is 53.6 Å². The number of methoxy groups -OCH3 is 2. The molecule has 2 aromatic rings. The SMILES string of the molecule is COc1ccc(CN(CCCN2CCOCC2)C(=S)Nc2ccc(C(C)C)cc2)cc1OC. The number of anilines is 1. The molecule has 0 spiro atoms. The highest BCUT2D eigenvalue weighted by Gasteiger charge is 2.15. The van der Waals surface area contributed by atoms with E-state index in [1.165, 1.54) is 5.56 Å². The summed E-state index contributed by atoms with van der Waals surface area (Å²) in [5.74, 6) is 1.96. The molecular formula is C26H37N3O3S. The largest absolute Gasteiger partial charge is 0.493 e. The molecule has 0 aliphatic carbocycles. The van der Waals surface area contributed by atoms with E-state index in [2.05, 4.69) is 59.3 Å². The van der Waals surface area contributed by atoms with E-state index in [0.29, 0.717) is 12.5 Å². The first-order valence-corrected chi connectivity index (χ1v) is 12.1. The Morgan fingerprint density at radius 2 is 1.76 bits per heavy atom. The number of ether oxygens (including phenoxy) is 3. The first-order chi connectivity index (χ1) is 16.0. The fourth-order valence-corrected chi connectivity index (χ4v) is 4.19. The molecule has 1 saturated heterocycles. The Kier molecular flexibility index (Phi) is 9.78. The molecule has 0 bridgehead atoms. The average Bonchev–Trinajstić information content (AvgIpc) is 2.84. The molecule has 0 unspecified atom stereocenters. The molecule has 3 rings (SSSR count). The van der Waals surface area contributed by atoms with Crippen molar-refractivity contribution in [3.63, 3.8) is 0 Å². The van der Waals surface area contributed by atoms with Gasteiger partial charge in [0.1, 0.15) is 0 Å². The number of morpholine rings is 1. The van der Waals surface area contributed by atoms with E-state index in [-0.39, 0.29) is 0 Å². The summed E-state index contributed by atoms with van der Waals surface area (Å²) in [6, 6.07) is 14.6. The van der Waals surface area contributed by atoms with Gasteiger partial charge >= 0.3 is 0 Å². The molecule has 1 fully saturated rings. The summed E-state index contributed by atoms with van der Waals surface area (Å²) in [5.41, 5.74) is 3.45. The van der Waals surface area contributed by atoms with Crippen LogP contribution < -0.4 is 14.8 Å². The zero-order valence-corrected chi connectivity index (χ0v) is 21.1. The van der Waals surface area contributed by atoms with Gasteiger partial charge < -0.3 is 24.4 Å².